The highest BCUT2D eigenvalue weighted by molar-refractivity contribution is 9.10. The molecule has 3 rings (SSSR count). The lowest BCUT2D eigenvalue weighted by Crippen LogP contribution is -2.28. The Balaban J connectivity index is 1.54. The highest BCUT2D eigenvalue weighted by atomic mass is 79.9. The highest BCUT2D eigenvalue weighted by Crippen LogP contribution is 2.31. The Hall–Kier alpha value is -2.51. The van der Waals surface area contributed by atoms with Crippen molar-refractivity contribution in [2.24, 2.45) is 0 Å². The van der Waals surface area contributed by atoms with Gasteiger partial charge >= 0.3 is 0 Å². The number of benzene rings is 2. The normalized spacial score (nSPS) is 10.5. The molecule has 1 aromatic heterocycles. The summed E-state index contributed by atoms with van der Waals surface area (Å²) in [7, 11) is 0. The van der Waals surface area contributed by atoms with E-state index in [2.05, 4.69) is 31.5 Å². The molecule has 28 heavy (non-hydrogen) atoms. The molecule has 3 aromatic rings. The summed E-state index contributed by atoms with van der Waals surface area (Å²) in [5.74, 6) is -0.352. The fourth-order valence-electron chi connectivity index (χ4n) is 2.72. The second-order valence-corrected chi connectivity index (χ2v) is 8.42. The molecule has 144 valence electrons. The zero-order valence-electron chi connectivity index (χ0n) is 15.6. The van der Waals surface area contributed by atoms with Crippen LogP contribution in [-0.2, 0) is 4.79 Å². The molecule has 0 aliphatic rings. The maximum atomic E-state index is 12.2. The van der Waals surface area contributed by atoms with E-state index in [1.165, 1.54) is 11.3 Å². The van der Waals surface area contributed by atoms with Crippen LogP contribution in [0.5, 0.6) is 0 Å². The van der Waals surface area contributed by atoms with Crippen LogP contribution < -0.4 is 10.6 Å². The second kappa shape index (κ2) is 9.12. The van der Waals surface area contributed by atoms with E-state index in [1.54, 1.807) is 6.07 Å². The number of carbonyl (C=O) groups excluding carboxylic acids is 2. The van der Waals surface area contributed by atoms with Crippen molar-refractivity contribution in [3.05, 3.63) is 69.0 Å². The molecule has 0 saturated heterocycles. The van der Waals surface area contributed by atoms with E-state index < -0.39 is 0 Å². The maximum Gasteiger partial charge on any atom is 0.251 e. The van der Waals surface area contributed by atoms with Gasteiger partial charge in [-0.1, -0.05) is 46.3 Å². The van der Waals surface area contributed by atoms with Crippen LogP contribution in [0.15, 0.2) is 53.0 Å². The van der Waals surface area contributed by atoms with Crippen molar-refractivity contribution in [2.45, 2.75) is 20.3 Å². The van der Waals surface area contributed by atoms with Crippen LogP contribution >= 0.6 is 27.3 Å². The lowest BCUT2D eigenvalue weighted by molar-refractivity contribution is -0.116. The molecular weight excluding hydrogens is 438 g/mol. The first kappa shape index (κ1) is 20.2. The summed E-state index contributed by atoms with van der Waals surface area (Å²) in [6.45, 7) is 4.13. The van der Waals surface area contributed by atoms with Crippen molar-refractivity contribution >= 4 is 44.2 Å². The zero-order valence-corrected chi connectivity index (χ0v) is 18.0. The van der Waals surface area contributed by atoms with Crippen LogP contribution in [0.1, 0.15) is 27.2 Å². The van der Waals surface area contributed by atoms with Crippen molar-refractivity contribution in [1.82, 2.24) is 10.3 Å². The molecule has 0 atom stereocenters. The summed E-state index contributed by atoms with van der Waals surface area (Å²) >= 11 is 4.86. The molecule has 0 bridgehead atoms. The molecule has 2 amide bonds. The van der Waals surface area contributed by atoms with E-state index in [9.17, 15) is 9.59 Å². The number of amides is 2. The fraction of sp³-hybridized carbons (Fsp3) is 0.190. The molecule has 0 spiro atoms. The molecule has 2 aromatic carbocycles. The summed E-state index contributed by atoms with van der Waals surface area (Å²) in [5.41, 5.74) is 3.39. The predicted octanol–water partition coefficient (Wildman–Crippen LogP) is 4.95. The van der Waals surface area contributed by atoms with Gasteiger partial charge < -0.3 is 10.6 Å². The lowest BCUT2D eigenvalue weighted by Gasteiger charge is -2.07. The van der Waals surface area contributed by atoms with Crippen LogP contribution in [0.25, 0.3) is 11.3 Å². The van der Waals surface area contributed by atoms with Crippen LogP contribution in [0.3, 0.4) is 0 Å². The van der Waals surface area contributed by atoms with Gasteiger partial charge in [0.2, 0.25) is 5.91 Å². The Bertz CT molecular complexity index is 999. The van der Waals surface area contributed by atoms with Crippen LogP contribution in [0, 0.1) is 13.8 Å². The summed E-state index contributed by atoms with van der Waals surface area (Å²) in [6.07, 6.45) is 0.184. The number of rotatable bonds is 6. The number of carbonyl (C=O) groups is 2. The molecule has 0 saturated carbocycles. The summed E-state index contributed by atoms with van der Waals surface area (Å²) in [5, 5.41) is 6.16. The van der Waals surface area contributed by atoms with Gasteiger partial charge in [0.1, 0.15) is 0 Å². The van der Waals surface area contributed by atoms with Crippen LogP contribution in [-0.4, -0.2) is 23.3 Å². The highest BCUT2D eigenvalue weighted by Gasteiger charge is 2.13. The summed E-state index contributed by atoms with van der Waals surface area (Å²) < 4.78 is 1.01. The van der Waals surface area contributed by atoms with E-state index in [-0.39, 0.29) is 24.8 Å². The molecule has 5 nitrogen and oxygen atoms in total. The van der Waals surface area contributed by atoms with Gasteiger partial charge in [-0.15, -0.1) is 11.3 Å². The van der Waals surface area contributed by atoms with Crippen LogP contribution in [0.4, 0.5) is 5.13 Å². The lowest BCUT2D eigenvalue weighted by atomic mass is 10.1. The number of aryl methyl sites for hydroxylation is 2. The maximum absolute atomic E-state index is 12.2. The Morgan fingerprint density at radius 3 is 2.50 bits per heavy atom. The van der Waals surface area contributed by atoms with Crippen molar-refractivity contribution in [3.8, 4) is 11.3 Å². The average molecular weight is 458 g/mol. The Kier molecular flexibility index (Phi) is 6.59. The van der Waals surface area contributed by atoms with Crippen LogP contribution in [0.2, 0.25) is 0 Å². The van der Waals surface area contributed by atoms with Gasteiger partial charge in [0.05, 0.1) is 5.69 Å². The van der Waals surface area contributed by atoms with Crippen molar-refractivity contribution in [3.63, 3.8) is 0 Å². The van der Waals surface area contributed by atoms with Gasteiger partial charge in [-0.2, -0.15) is 0 Å². The number of nitrogens with one attached hydrogen (secondary N) is 2. The molecule has 0 unspecified atom stereocenters. The van der Waals surface area contributed by atoms with E-state index in [0.717, 1.165) is 26.2 Å². The van der Waals surface area contributed by atoms with E-state index in [1.807, 2.05) is 56.3 Å². The first-order chi connectivity index (χ1) is 13.4. The first-order valence-corrected chi connectivity index (χ1v) is 10.4. The molecule has 0 fully saturated rings. The van der Waals surface area contributed by atoms with Gasteiger partial charge in [0.15, 0.2) is 5.13 Å². The zero-order chi connectivity index (χ0) is 20.1. The molecule has 0 aliphatic carbocycles. The van der Waals surface area contributed by atoms with Gasteiger partial charge in [-0.3, -0.25) is 9.59 Å². The number of halogens is 1. The Labute approximate surface area is 176 Å². The van der Waals surface area contributed by atoms with Crippen molar-refractivity contribution in [2.75, 3.05) is 11.9 Å². The number of thiazole rings is 1. The van der Waals surface area contributed by atoms with Gasteiger partial charge in [0.25, 0.3) is 5.91 Å². The third kappa shape index (κ3) is 5.05. The minimum Gasteiger partial charge on any atom is -0.352 e. The number of hydrogen-bond donors (Lipinski definition) is 2. The SMILES string of the molecule is Cc1ccccc1C(=O)NCCC(=O)Nc1nc(-c2ccc(Br)cc2)c(C)s1. The molecule has 7 heteroatoms. The van der Waals surface area contributed by atoms with E-state index >= 15 is 0 Å². The third-order valence-corrected chi connectivity index (χ3v) is 5.60. The first-order valence-electron chi connectivity index (χ1n) is 8.81. The second-order valence-electron chi connectivity index (χ2n) is 6.30. The standard InChI is InChI=1S/C21H20BrN3O2S/c1-13-5-3-4-6-17(13)20(27)23-12-11-18(26)24-21-25-19(14(2)28-21)15-7-9-16(22)10-8-15/h3-10H,11-12H2,1-2H3,(H,23,27)(H,24,25,26). The van der Waals surface area contributed by atoms with Gasteiger partial charge in [-0.25, -0.2) is 4.98 Å². The number of nitrogens with zero attached hydrogens (tertiary/aromatic N) is 1. The topological polar surface area (TPSA) is 71.1 Å². The van der Waals surface area contributed by atoms with Gasteiger partial charge in [-0.05, 0) is 37.6 Å². The number of aromatic nitrogens is 1. The Morgan fingerprint density at radius 1 is 1.07 bits per heavy atom. The molecule has 0 aliphatic heterocycles. The van der Waals surface area contributed by atoms with Crippen molar-refractivity contribution < 1.29 is 9.59 Å². The smallest absolute Gasteiger partial charge is 0.251 e. The van der Waals surface area contributed by atoms with E-state index in [0.29, 0.717) is 10.7 Å². The van der Waals surface area contributed by atoms with Gasteiger partial charge in [0, 0.05) is 33.4 Å². The molecule has 2 N–H and O–H groups in total. The molecule has 1 heterocycles. The Morgan fingerprint density at radius 2 is 1.79 bits per heavy atom. The fourth-order valence-corrected chi connectivity index (χ4v) is 3.84. The van der Waals surface area contributed by atoms with E-state index in [4.69, 9.17) is 0 Å². The number of hydrogen-bond acceptors (Lipinski definition) is 4. The molecule has 0 radical (unpaired) electrons. The minimum atomic E-state index is -0.179. The van der Waals surface area contributed by atoms with Crippen molar-refractivity contribution in [1.29, 1.82) is 0 Å². The summed E-state index contributed by atoms with van der Waals surface area (Å²) in [6, 6.07) is 15.3. The largest absolute Gasteiger partial charge is 0.352 e. The minimum absolute atomic E-state index is 0.173. The molecular formula is C21H20BrN3O2S. The third-order valence-electron chi connectivity index (χ3n) is 4.19. The quantitative estimate of drug-likeness (QED) is 0.549. The monoisotopic (exact) mass is 457 g/mol. The predicted molar refractivity (Wildman–Crippen MR) is 117 cm³/mol. The number of anilines is 1. The average Bonchev–Trinajstić information content (AvgIpc) is 3.02. The summed E-state index contributed by atoms with van der Waals surface area (Å²) in [4.78, 5) is 29.9.